The monoisotopic (exact) mass is 832 g/mol. The van der Waals surface area contributed by atoms with Gasteiger partial charge in [-0.15, -0.1) is 0 Å². The van der Waals surface area contributed by atoms with E-state index in [9.17, 15) is 9.59 Å². The first-order valence-corrected chi connectivity index (χ1v) is 23.5. The molecule has 288 valence electrons. The van der Waals surface area contributed by atoms with Crippen molar-refractivity contribution in [3.05, 3.63) is 11.6 Å². The Labute approximate surface area is 320 Å². The SMILES string of the molecule is CC(C)CCC[C@@H](C)[C@H]1CC[C@H]2[C@@H]3CC=C4CC(OC(=O)NCCCOCCOCCOCCNC(=O)CCSI)CC[C@]4(C)[C@H]3CC[C@]12C. The third-order valence-electron chi connectivity index (χ3n) is 13.0. The van der Waals surface area contributed by atoms with Crippen LogP contribution in [0.4, 0.5) is 4.79 Å². The second-order valence-electron chi connectivity index (χ2n) is 16.6. The molecule has 0 heterocycles. The number of hydrogen-bond donors (Lipinski definition) is 2. The van der Waals surface area contributed by atoms with Crippen LogP contribution >= 0.6 is 30.1 Å². The van der Waals surface area contributed by atoms with Crippen molar-refractivity contribution in [2.75, 3.05) is 58.5 Å². The molecule has 3 fully saturated rings. The molecule has 4 aliphatic rings. The summed E-state index contributed by atoms with van der Waals surface area (Å²) in [6, 6.07) is 0. The highest BCUT2D eigenvalue weighted by atomic mass is 127. The van der Waals surface area contributed by atoms with Gasteiger partial charge >= 0.3 is 6.09 Å². The summed E-state index contributed by atoms with van der Waals surface area (Å²) in [6.07, 6.45) is 17.5. The van der Waals surface area contributed by atoms with E-state index in [0.29, 0.717) is 64.6 Å². The van der Waals surface area contributed by atoms with E-state index < -0.39 is 0 Å². The molecule has 8 atom stereocenters. The molecule has 2 N–H and O–H groups in total. The molecule has 0 aromatic rings. The zero-order valence-electron chi connectivity index (χ0n) is 31.9. The van der Waals surface area contributed by atoms with E-state index in [-0.39, 0.29) is 23.5 Å². The van der Waals surface area contributed by atoms with Crippen LogP contribution < -0.4 is 10.6 Å². The van der Waals surface area contributed by atoms with Crippen LogP contribution in [-0.4, -0.2) is 76.6 Å². The average Bonchev–Trinajstić information content (AvgIpc) is 3.44. The first kappa shape index (κ1) is 42.2. The van der Waals surface area contributed by atoms with Crippen molar-refractivity contribution >= 4 is 42.1 Å². The molecular weight excluding hydrogens is 763 g/mol. The third-order valence-corrected chi connectivity index (χ3v) is 14.7. The molecule has 0 aliphatic heterocycles. The highest BCUT2D eigenvalue weighted by Gasteiger charge is 2.59. The fraction of sp³-hybridized carbons (Fsp3) is 0.900. The Morgan fingerprint density at radius 2 is 1.62 bits per heavy atom. The summed E-state index contributed by atoms with van der Waals surface area (Å²) >= 11 is 2.19. The lowest BCUT2D eigenvalue weighted by atomic mass is 9.47. The number of hydrogen-bond acceptors (Lipinski definition) is 7. The second-order valence-corrected chi connectivity index (χ2v) is 19.1. The molecule has 4 aliphatic carbocycles. The zero-order valence-corrected chi connectivity index (χ0v) is 34.9. The normalized spacial score (nSPS) is 30.9. The minimum absolute atomic E-state index is 0.0249. The van der Waals surface area contributed by atoms with Gasteiger partial charge < -0.3 is 29.6 Å². The summed E-state index contributed by atoms with van der Waals surface area (Å²) in [4.78, 5) is 24.2. The Hall–Kier alpha value is -0.560. The zero-order chi connectivity index (χ0) is 36.0. The van der Waals surface area contributed by atoms with Gasteiger partial charge in [-0.1, -0.05) is 74.5 Å². The molecule has 0 spiro atoms. The maximum atomic E-state index is 12.7. The molecule has 0 radical (unpaired) electrons. The molecular formula is C40H69IN2O6S. The van der Waals surface area contributed by atoms with E-state index in [1.807, 2.05) is 0 Å². The van der Waals surface area contributed by atoms with E-state index in [0.717, 1.165) is 66.9 Å². The van der Waals surface area contributed by atoms with Crippen molar-refractivity contribution in [1.29, 1.82) is 0 Å². The number of allylic oxidation sites excluding steroid dienone is 1. The van der Waals surface area contributed by atoms with Crippen molar-refractivity contribution < 1.29 is 28.5 Å². The molecule has 10 heteroatoms. The number of alkyl carbamates (subject to hydrolysis) is 1. The van der Waals surface area contributed by atoms with Crippen molar-refractivity contribution in [2.24, 2.45) is 46.3 Å². The van der Waals surface area contributed by atoms with Crippen LogP contribution in [-0.2, 0) is 23.7 Å². The maximum absolute atomic E-state index is 12.7. The van der Waals surface area contributed by atoms with Gasteiger partial charge in [-0.05, 0) is 119 Å². The quantitative estimate of drug-likeness (QED) is 0.0639. The van der Waals surface area contributed by atoms with Gasteiger partial charge in [-0.25, -0.2) is 4.79 Å². The van der Waals surface area contributed by atoms with Crippen molar-refractivity contribution in [2.45, 2.75) is 124 Å². The molecule has 3 saturated carbocycles. The molecule has 8 nitrogen and oxygen atoms in total. The number of carbonyl (C=O) groups excluding carboxylic acids is 2. The highest BCUT2D eigenvalue weighted by Crippen LogP contribution is 2.67. The number of fused-ring (bicyclic) bond motifs is 5. The lowest BCUT2D eigenvalue weighted by Gasteiger charge is -2.58. The second kappa shape index (κ2) is 21.4. The van der Waals surface area contributed by atoms with Crippen molar-refractivity contribution in [3.8, 4) is 0 Å². The first-order chi connectivity index (χ1) is 24.1. The number of amides is 2. The Bertz CT molecular complexity index is 1080. The van der Waals surface area contributed by atoms with Crippen LogP contribution in [0.15, 0.2) is 11.6 Å². The summed E-state index contributed by atoms with van der Waals surface area (Å²) in [5.74, 6) is 5.92. The maximum Gasteiger partial charge on any atom is 0.407 e. The Kier molecular flexibility index (Phi) is 18.0. The minimum atomic E-state index is -0.302. The van der Waals surface area contributed by atoms with Crippen LogP contribution in [0.25, 0.3) is 0 Å². The number of carbonyl (C=O) groups is 2. The van der Waals surface area contributed by atoms with E-state index in [4.69, 9.17) is 18.9 Å². The van der Waals surface area contributed by atoms with Crippen LogP contribution in [0.2, 0.25) is 0 Å². The molecule has 0 saturated heterocycles. The molecule has 0 bridgehead atoms. The molecule has 2 amide bonds. The van der Waals surface area contributed by atoms with Gasteiger partial charge in [0.05, 0.1) is 33.0 Å². The summed E-state index contributed by atoms with van der Waals surface area (Å²) in [6.45, 7) is 16.6. The van der Waals surface area contributed by atoms with Gasteiger partial charge in [-0.3, -0.25) is 4.79 Å². The standard InChI is InChI=1S/C40H69IN2O6S/c1-29(2)8-6-9-30(3)34-12-13-35-33-11-10-31-28-32(14-17-39(31,4)36(33)15-18-40(34,35)5)49-38(45)43-19-7-21-46-23-25-48-26-24-47-22-20-42-37(44)16-27-50-41/h10,29-30,32-36H,6-9,11-28H2,1-5H3,(H,42,44)(H,43,45)/t30-,32?,33+,34-,35+,36+,39+,40-/m1/s1. The summed E-state index contributed by atoms with van der Waals surface area (Å²) in [5.41, 5.74) is 2.35. The fourth-order valence-corrected chi connectivity index (χ4v) is 11.3. The highest BCUT2D eigenvalue weighted by molar-refractivity contribution is 14.2. The lowest BCUT2D eigenvalue weighted by molar-refractivity contribution is -0.120. The van der Waals surface area contributed by atoms with Gasteiger partial charge in [0.1, 0.15) is 6.10 Å². The largest absolute Gasteiger partial charge is 0.446 e. The predicted molar refractivity (Wildman–Crippen MR) is 212 cm³/mol. The molecule has 0 aromatic carbocycles. The summed E-state index contributed by atoms with van der Waals surface area (Å²) < 4.78 is 22.6. The minimum Gasteiger partial charge on any atom is -0.446 e. The number of nitrogens with one attached hydrogen (secondary N) is 2. The number of halogens is 1. The number of ether oxygens (including phenoxy) is 4. The van der Waals surface area contributed by atoms with E-state index in [1.165, 1.54) is 51.4 Å². The average molecular weight is 833 g/mol. The molecule has 0 aromatic heterocycles. The van der Waals surface area contributed by atoms with E-state index in [1.54, 1.807) is 14.5 Å². The van der Waals surface area contributed by atoms with Crippen LogP contribution in [0.5, 0.6) is 0 Å². The number of rotatable bonds is 22. The Morgan fingerprint density at radius 3 is 2.36 bits per heavy atom. The third kappa shape index (κ3) is 12.0. The van der Waals surface area contributed by atoms with Crippen LogP contribution in [0.1, 0.15) is 118 Å². The summed E-state index contributed by atoms with van der Waals surface area (Å²) in [5, 5.41) is 5.77. The van der Waals surface area contributed by atoms with Gasteiger partial charge in [-0.2, -0.15) is 0 Å². The molecule has 4 rings (SSSR count). The van der Waals surface area contributed by atoms with E-state index in [2.05, 4.69) is 72.5 Å². The van der Waals surface area contributed by atoms with Gasteiger partial charge in [0, 0.05) is 38.3 Å². The Morgan fingerprint density at radius 1 is 0.880 bits per heavy atom. The van der Waals surface area contributed by atoms with Crippen LogP contribution in [0, 0.1) is 46.3 Å². The lowest BCUT2D eigenvalue weighted by Crippen LogP contribution is -2.51. The van der Waals surface area contributed by atoms with Gasteiger partial charge in [0.15, 0.2) is 0 Å². The van der Waals surface area contributed by atoms with Crippen LogP contribution in [0.3, 0.4) is 0 Å². The van der Waals surface area contributed by atoms with Crippen molar-refractivity contribution in [3.63, 3.8) is 0 Å². The smallest absolute Gasteiger partial charge is 0.407 e. The molecule has 50 heavy (non-hydrogen) atoms. The fourth-order valence-electron chi connectivity index (χ4n) is 10.3. The summed E-state index contributed by atoms with van der Waals surface area (Å²) in [7, 11) is 1.63. The molecule has 1 unspecified atom stereocenters. The topological polar surface area (TPSA) is 95.1 Å². The predicted octanol–water partition coefficient (Wildman–Crippen LogP) is 9.15. The first-order valence-electron chi connectivity index (χ1n) is 20.0. The Balaban J connectivity index is 1.06. The van der Waals surface area contributed by atoms with Gasteiger partial charge in [0.25, 0.3) is 0 Å². The van der Waals surface area contributed by atoms with E-state index >= 15 is 0 Å². The van der Waals surface area contributed by atoms with Gasteiger partial charge in [0.2, 0.25) is 5.91 Å². The van der Waals surface area contributed by atoms with Crippen molar-refractivity contribution in [1.82, 2.24) is 10.6 Å².